The van der Waals surface area contributed by atoms with Crippen LogP contribution in [0.15, 0.2) is 54.7 Å². The summed E-state index contributed by atoms with van der Waals surface area (Å²) in [5, 5.41) is 18.2. The number of anilines is 1. The van der Waals surface area contributed by atoms with Crippen LogP contribution in [0, 0.1) is 10.1 Å². The number of carbonyl (C=O) groups is 1. The average Bonchev–Trinajstić information content (AvgIpc) is 3.10. The molecule has 0 aliphatic carbocycles. The summed E-state index contributed by atoms with van der Waals surface area (Å²) in [6.07, 6.45) is 1.58. The summed E-state index contributed by atoms with van der Waals surface area (Å²) in [6.45, 7) is 0.0478. The molecule has 3 rings (SSSR count). The Labute approximate surface area is 163 Å². The van der Waals surface area contributed by atoms with E-state index in [0.717, 1.165) is 0 Å². The minimum Gasteiger partial charge on any atom is -0.470 e. The Morgan fingerprint density at radius 1 is 1.19 bits per heavy atom. The van der Waals surface area contributed by atoms with E-state index in [0.29, 0.717) is 21.5 Å². The lowest BCUT2D eigenvalue weighted by atomic mass is 10.3. The molecule has 0 aliphatic rings. The number of aromatic nitrogens is 2. The van der Waals surface area contributed by atoms with Crippen molar-refractivity contribution in [2.75, 3.05) is 5.32 Å². The van der Waals surface area contributed by atoms with Gasteiger partial charge in [-0.05, 0) is 36.4 Å². The molecule has 3 aromatic rings. The maximum absolute atomic E-state index is 12.2. The molecule has 0 spiro atoms. The van der Waals surface area contributed by atoms with Crippen molar-refractivity contribution in [2.45, 2.75) is 6.73 Å². The van der Waals surface area contributed by atoms with Gasteiger partial charge in [0.25, 0.3) is 11.6 Å². The van der Waals surface area contributed by atoms with E-state index in [4.69, 9.17) is 27.9 Å². The van der Waals surface area contributed by atoms with E-state index >= 15 is 0 Å². The Morgan fingerprint density at radius 3 is 2.59 bits per heavy atom. The van der Waals surface area contributed by atoms with Crippen LogP contribution >= 0.6 is 23.2 Å². The first kappa shape index (κ1) is 18.7. The molecule has 0 fully saturated rings. The molecule has 0 saturated carbocycles. The van der Waals surface area contributed by atoms with Crippen LogP contribution in [0.1, 0.15) is 10.5 Å². The number of hydrogen-bond donors (Lipinski definition) is 1. The Balaban J connectivity index is 1.61. The molecule has 0 radical (unpaired) electrons. The van der Waals surface area contributed by atoms with Crippen molar-refractivity contribution in [1.29, 1.82) is 0 Å². The Bertz CT molecular complexity index is 989. The molecule has 138 valence electrons. The first-order valence-corrected chi connectivity index (χ1v) is 8.35. The molecule has 1 aromatic heterocycles. The van der Waals surface area contributed by atoms with Crippen LogP contribution in [0.4, 0.5) is 11.4 Å². The summed E-state index contributed by atoms with van der Waals surface area (Å²) in [5.74, 6) is -0.0134. The van der Waals surface area contributed by atoms with Crippen molar-refractivity contribution in [2.24, 2.45) is 0 Å². The van der Waals surface area contributed by atoms with Gasteiger partial charge in [0.1, 0.15) is 5.75 Å². The van der Waals surface area contributed by atoms with Crippen LogP contribution in [0.3, 0.4) is 0 Å². The molecule has 10 heteroatoms. The molecular weight excluding hydrogens is 395 g/mol. The second kappa shape index (κ2) is 8.07. The quantitative estimate of drug-likeness (QED) is 0.483. The fourth-order valence-corrected chi connectivity index (χ4v) is 2.61. The molecule has 0 aliphatic heterocycles. The van der Waals surface area contributed by atoms with Crippen molar-refractivity contribution < 1.29 is 14.5 Å². The zero-order chi connectivity index (χ0) is 19.4. The third kappa shape index (κ3) is 4.75. The fourth-order valence-electron chi connectivity index (χ4n) is 2.14. The maximum atomic E-state index is 12.2. The highest BCUT2D eigenvalue weighted by Crippen LogP contribution is 2.27. The number of nitro groups is 1. The Hall–Kier alpha value is -3.10. The van der Waals surface area contributed by atoms with Crippen molar-refractivity contribution in [3.05, 3.63) is 80.6 Å². The zero-order valence-corrected chi connectivity index (χ0v) is 15.1. The first-order chi connectivity index (χ1) is 12.9. The highest BCUT2D eigenvalue weighted by atomic mass is 35.5. The molecule has 0 atom stereocenters. The summed E-state index contributed by atoms with van der Waals surface area (Å²) < 4.78 is 6.97. The van der Waals surface area contributed by atoms with E-state index in [1.165, 1.54) is 35.0 Å². The largest absolute Gasteiger partial charge is 0.470 e. The van der Waals surface area contributed by atoms with Gasteiger partial charge in [0, 0.05) is 29.0 Å². The SMILES string of the molecule is O=C(Nc1ccc([N+](=O)[O-])cc1)c1ccn(COc2ccc(Cl)cc2Cl)n1. The van der Waals surface area contributed by atoms with Crippen LogP contribution in [0.5, 0.6) is 5.75 Å². The summed E-state index contributed by atoms with van der Waals surface area (Å²) in [7, 11) is 0. The number of amides is 1. The van der Waals surface area contributed by atoms with E-state index in [1.54, 1.807) is 24.4 Å². The van der Waals surface area contributed by atoms with Gasteiger partial charge in [-0.1, -0.05) is 23.2 Å². The van der Waals surface area contributed by atoms with Gasteiger partial charge in [0.15, 0.2) is 12.4 Å². The van der Waals surface area contributed by atoms with Crippen LogP contribution in [-0.4, -0.2) is 20.6 Å². The monoisotopic (exact) mass is 406 g/mol. The molecule has 0 saturated heterocycles. The van der Waals surface area contributed by atoms with Gasteiger partial charge in [-0.25, -0.2) is 4.68 Å². The summed E-state index contributed by atoms with van der Waals surface area (Å²) in [6, 6.07) is 11.9. The number of hydrogen-bond acceptors (Lipinski definition) is 5. The molecular formula is C17H12Cl2N4O4. The topological polar surface area (TPSA) is 99.3 Å². The standard InChI is InChI=1S/C17H12Cl2N4O4/c18-11-1-6-16(14(19)9-11)27-10-22-8-7-15(21-22)17(24)20-12-2-4-13(5-3-12)23(25)26/h1-9H,10H2,(H,20,24). The number of nitro benzene ring substituents is 1. The second-order valence-electron chi connectivity index (χ2n) is 5.35. The number of nitrogens with zero attached hydrogens (tertiary/aromatic N) is 3. The Kier molecular flexibility index (Phi) is 5.58. The van der Waals surface area contributed by atoms with E-state index in [-0.39, 0.29) is 18.1 Å². The minimum absolute atomic E-state index is 0.0478. The normalized spacial score (nSPS) is 10.4. The highest BCUT2D eigenvalue weighted by Gasteiger charge is 2.12. The molecule has 0 bridgehead atoms. The molecule has 1 amide bonds. The van der Waals surface area contributed by atoms with Crippen LogP contribution in [0.25, 0.3) is 0 Å². The highest BCUT2D eigenvalue weighted by molar-refractivity contribution is 6.35. The Morgan fingerprint density at radius 2 is 1.93 bits per heavy atom. The van der Waals surface area contributed by atoms with Crippen molar-refractivity contribution in [3.63, 3.8) is 0 Å². The van der Waals surface area contributed by atoms with Gasteiger partial charge in [0.05, 0.1) is 9.95 Å². The van der Waals surface area contributed by atoms with Gasteiger partial charge in [0.2, 0.25) is 0 Å². The van der Waals surface area contributed by atoms with Gasteiger partial charge in [-0.2, -0.15) is 5.10 Å². The van der Waals surface area contributed by atoms with Gasteiger partial charge >= 0.3 is 0 Å². The van der Waals surface area contributed by atoms with E-state index in [2.05, 4.69) is 10.4 Å². The lowest BCUT2D eigenvalue weighted by molar-refractivity contribution is -0.384. The van der Waals surface area contributed by atoms with Gasteiger partial charge in [-0.15, -0.1) is 0 Å². The van der Waals surface area contributed by atoms with Crippen molar-refractivity contribution in [3.8, 4) is 5.75 Å². The zero-order valence-electron chi connectivity index (χ0n) is 13.6. The fraction of sp³-hybridized carbons (Fsp3) is 0.0588. The predicted molar refractivity (Wildman–Crippen MR) is 100 cm³/mol. The van der Waals surface area contributed by atoms with E-state index in [9.17, 15) is 14.9 Å². The molecule has 27 heavy (non-hydrogen) atoms. The summed E-state index contributed by atoms with van der Waals surface area (Å²) in [4.78, 5) is 22.3. The molecule has 0 unspecified atom stereocenters. The van der Waals surface area contributed by atoms with E-state index < -0.39 is 10.8 Å². The third-order valence-electron chi connectivity index (χ3n) is 3.46. The van der Waals surface area contributed by atoms with Gasteiger partial charge < -0.3 is 10.1 Å². The smallest absolute Gasteiger partial charge is 0.276 e. The van der Waals surface area contributed by atoms with Crippen molar-refractivity contribution in [1.82, 2.24) is 9.78 Å². The number of non-ortho nitro benzene ring substituents is 1. The molecule has 2 aromatic carbocycles. The van der Waals surface area contributed by atoms with Crippen molar-refractivity contribution >= 4 is 40.5 Å². The number of nitrogens with one attached hydrogen (secondary N) is 1. The predicted octanol–water partition coefficient (Wildman–Crippen LogP) is 4.39. The van der Waals surface area contributed by atoms with E-state index in [1.807, 2.05) is 0 Å². The number of halogens is 2. The first-order valence-electron chi connectivity index (χ1n) is 7.59. The van der Waals surface area contributed by atoms with Crippen LogP contribution in [-0.2, 0) is 6.73 Å². The molecule has 1 N–H and O–H groups in total. The number of rotatable bonds is 6. The lowest BCUT2D eigenvalue weighted by Gasteiger charge is -2.08. The third-order valence-corrected chi connectivity index (χ3v) is 3.99. The average molecular weight is 407 g/mol. The summed E-state index contributed by atoms with van der Waals surface area (Å²) >= 11 is 11.9. The number of ether oxygens (including phenoxy) is 1. The lowest BCUT2D eigenvalue weighted by Crippen LogP contribution is -2.14. The second-order valence-corrected chi connectivity index (χ2v) is 6.19. The molecule has 1 heterocycles. The van der Waals surface area contributed by atoms with Crippen LogP contribution in [0.2, 0.25) is 10.0 Å². The maximum Gasteiger partial charge on any atom is 0.276 e. The minimum atomic E-state index is -0.514. The summed E-state index contributed by atoms with van der Waals surface area (Å²) in [5.41, 5.74) is 0.527. The van der Waals surface area contributed by atoms with Gasteiger partial charge in [-0.3, -0.25) is 14.9 Å². The number of carbonyl (C=O) groups excluding carboxylic acids is 1. The number of benzene rings is 2. The van der Waals surface area contributed by atoms with Crippen LogP contribution < -0.4 is 10.1 Å². The molecule has 8 nitrogen and oxygen atoms in total.